The van der Waals surface area contributed by atoms with Crippen molar-refractivity contribution >= 4 is 20.7 Å². The largest absolute Gasteiger partial charge is 0.361 e. The summed E-state index contributed by atoms with van der Waals surface area (Å²) < 4.78 is 23.2. The van der Waals surface area contributed by atoms with Crippen LogP contribution >= 0.6 is 0 Å². The Balaban J connectivity index is 2.35. The third kappa shape index (κ3) is 3.16. The average molecular weight is 280 g/mol. The highest BCUT2D eigenvalue weighted by atomic mass is 32.2. The van der Waals surface area contributed by atoms with E-state index >= 15 is 0 Å². The fraction of sp³-hybridized carbons (Fsp3) is 0.429. The second-order valence-corrected chi connectivity index (χ2v) is 7.02. The number of aryl methyl sites for hydroxylation is 1. The van der Waals surface area contributed by atoms with Crippen molar-refractivity contribution in [3.8, 4) is 0 Å². The smallest absolute Gasteiger partial charge is 0.175 e. The minimum Gasteiger partial charge on any atom is -0.361 e. The van der Waals surface area contributed by atoms with Gasteiger partial charge in [-0.2, -0.15) is 0 Å². The average Bonchev–Trinajstić information content (AvgIpc) is 2.77. The fourth-order valence-electron chi connectivity index (χ4n) is 2.14. The first kappa shape index (κ1) is 14.1. The van der Waals surface area contributed by atoms with Crippen molar-refractivity contribution in [1.29, 1.82) is 0 Å². The van der Waals surface area contributed by atoms with Gasteiger partial charge in [0.2, 0.25) is 0 Å². The van der Waals surface area contributed by atoms with E-state index in [0.717, 1.165) is 35.7 Å². The van der Waals surface area contributed by atoms with Crippen molar-refractivity contribution in [2.24, 2.45) is 5.73 Å². The first-order valence-corrected chi connectivity index (χ1v) is 8.36. The lowest BCUT2D eigenvalue weighted by Crippen LogP contribution is -2.18. The van der Waals surface area contributed by atoms with Gasteiger partial charge in [-0.3, -0.25) is 0 Å². The number of fused-ring (bicyclic) bond motifs is 1. The van der Waals surface area contributed by atoms with Gasteiger partial charge in [0.15, 0.2) is 9.84 Å². The number of benzene rings is 1. The number of aromatic nitrogens is 1. The maximum atomic E-state index is 11.6. The molecule has 0 radical (unpaired) electrons. The van der Waals surface area contributed by atoms with Crippen molar-refractivity contribution in [3.63, 3.8) is 0 Å². The Morgan fingerprint density at radius 1 is 1.37 bits per heavy atom. The summed E-state index contributed by atoms with van der Waals surface area (Å²) in [7, 11) is -3.16. The van der Waals surface area contributed by atoms with E-state index in [9.17, 15) is 8.42 Å². The van der Waals surface area contributed by atoms with Gasteiger partial charge in [-0.25, -0.2) is 8.42 Å². The number of hydrogen-bond donors (Lipinski definition) is 2. The van der Waals surface area contributed by atoms with E-state index in [2.05, 4.69) is 11.9 Å². The molecule has 0 amide bonds. The molecular formula is C14H20N2O2S. The predicted molar refractivity (Wildman–Crippen MR) is 78.0 cm³/mol. The summed E-state index contributed by atoms with van der Waals surface area (Å²) in [6.45, 7) is 2.07. The molecule has 0 aliphatic heterocycles. The molecule has 1 aromatic heterocycles. The lowest BCUT2D eigenvalue weighted by atomic mass is 10.0. The second-order valence-electron chi connectivity index (χ2n) is 5.00. The van der Waals surface area contributed by atoms with E-state index < -0.39 is 9.84 Å². The Kier molecular flexibility index (Phi) is 3.96. The molecule has 0 saturated heterocycles. The van der Waals surface area contributed by atoms with Crippen LogP contribution in [0.25, 0.3) is 10.9 Å². The van der Waals surface area contributed by atoms with Crippen molar-refractivity contribution < 1.29 is 8.42 Å². The van der Waals surface area contributed by atoms with Crippen molar-refractivity contribution in [2.75, 3.05) is 6.26 Å². The van der Waals surface area contributed by atoms with Crippen LogP contribution in [0.15, 0.2) is 29.3 Å². The van der Waals surface area contributed by atoms with Gasteiger partial charge in [0, 0.05) is 29.4 Å². The van der Waals surface area contributed by atoms with Crippen LogP contribution in [-0.2, 0) is 16.3 Å². The molecule has 3 N–H and O–H groups in total. The molecule has 1 unspecified atom stereocenters. The third-order valence-electron chi connectivity index (χ3n) is 3.48. The van der Waals surface area contributed by atoms with Crippen LogP contribution in [0, 0.1) is 0 Å². The molecule has 2 rings (SSSR count). The molecule has 4 nitrogen and oxygen atoms in total. The van der Waals surface area contributed by atoms with Gasteiger partial charge in [-0.15, -0.1) is 0 Å². The Morgan fingerprint density at radius 2 is 2.11 bits per heavy atom. The van der Waals surface area contributed by atoms with Crippen LogP contribution in [-0.4, -0.2) is 25.7 Å². The van der Waals surface area contributed by atoms with Crippen molar-refractivity contribution in [2.45, 2.75) is 37.1 Å². The van der Waals surface area contributed by atoms with E-state index in [1.54, 1.807) is 12.1 Å². The quantitative estimate of drug-likeness (QED) is 0.882. The van der Waals surface area contributed by atoms with E-state index in [0.29, 0.717) is 4.90 Å². The predicted octanol–water partition coefficient (Wildman–Crippen LogP) is 2.24. The first-order valence-electron chi connectivity index (χ1n) is 6.47. The number of sulfone groups is 1. The monoisotopic (exact) mass is 280 g/mol. The van der Waals surface area contributed by atoms with Crippen LogP contribution in [0.1, 0.15) is 25.3 Å². The lowest BCUT2D eigenvalue weighted by molar-refractivity contribution is 0.597. The number of H-pyrrole nitrogens is 1. The van der Waals surface area contributed by atoms with Gasteiger partial charge >= 0.3 is 0 Å². The highest BCUT2D eigenvalue weighted by Gasteiger charge is 2.11. The van der Waals surface area contributed by atoms with E-state index in [4.69, 9.17) is 5.73 Å². The number of nitrogens with two attached hydrogens (primary N) is 1. The maximum absolute atomic E-state index is 11.6. The minimum atomic E-state index is -3.16. The van der Waals surface area contributed by atoms with Crippen LogP contribution in [0.3, 0.4) is 0 Å². The zero-order chi connectivity index (χ0) is 14.0. The molecule has 0 bridgehead atoms. The van der Waals surface area contributed by atoms with Crippen LogP contribution in [0.5, 0.6) is 0 Å². The second kappa shape index (κ2) is 5.35. The third-order valence-corrected chi connectivity index (χ3v) is 4.59. The van der Waals surface area contributed by atoms with Crippen LogP contribution in [0.4, 0.5) is 0 Å². The maximum Gasteiger partial charge on any atom is 0.175 e. The molecule has 0 spiro atoms. The Hall–Kier alpha value is -1.33. The molecular weight excluding hydrogens is 260 g/mol. The Labute approximate surface area is 113 Å². The molecule has 0 aliphatic rings. The summed E-state index contributed by atoms with van der Waals surface area (Å²) in [5, 5.41) is 0.978. The summed E-state index contributed by atoms with van der Waals surface area (Å²) in [4.78, 5) is 3.53. The van der Waals surface area contributed by atoms with Gasteiger partial charge in [0.05, 0.1) is 4.90 Å². The number of hydrogen-bond acceptors (Lipinski definition) is 3. The number of aromatic amines is 1. The minimum absolute atomic E-state index is 0.197. The number of rotatable bonds is 5. The molecule has 0 aliphatic carbocycles. The highest BCUT2D eigenvalue weighted by molar-refractivity contribution is 7.90. The first-order chi connectivity index (χ1) is 8.91. The standard InChI is InChI=1S/C14H20N2O2S/c1-3-11(15)5-4-10-9-16-14-7-6-12(8-13(10)14)19(2,17)18/h6-9,11,16H,3-5,15H2,1-2H3. The van der Waals surface area contributed by atoms with E-state index in [1.165, 1.54) is 6.26 Å². The summed E-state index contributed by atoms with van der Waals surface area (Å²) in [5.74, 6) is 0. The van der Waals surface area contributed by atoms with Gasteiger partial charge < -0.3 is 10.7 Å². The molecule has 5 heteroatoms. The topological polar surface area (TPSA) is 76.0 Å². The van der Waals surface area contributed by atoms with Crippen molar-refractivity contribution in [3.05, 3.63) is 30.0 Å². The van der Waals surface area contributed by atoms with Gasteiger partial charge in [0.25, 0.3) is 0 Å². The molecule has 1 aromatic carbocycles. The summed E-state index contributed by atoms with van der Waals surface area (Å²) in [6, 6.07) is 5.39. The molecule has 19 heavy (non-hydrogen) atoms. The fourth-order valence-corrected chi connectivity index (χ4v) is 2.79. The van der Waals surface area contributed by atoms with Crippen LogP contribution < -0.4 is 5.73 Å². The van der Waals surface area contributed by atoms with Gasteiger partial charge in [-0.05, 0) is 43.0 Å². The zero-order valence-corrected chi connectivity index (χ0v) is 12.1. The summed E-state index contributed by atoms with van der Waals surface area (Å²) in [5.41, 5.74) is 8.02. The highest BCUT2D eigenvalue weighted by Crippen LogP contribution is 2.23. The molecule has 0 saturated carbocycles. The number of nitrogens with one attached hydrogen (secondary N) is 1. The zero-order valence-electron chi connectivity index (χ0n) is 11.3. The molecule has 104 valence electrons. The summed E-state index contributed by atoms with van der Waals surface area (Å²) >= 11 is 0. The lowest BCUT2D eigenvalue weighted by Gasteiger charge is -2.07. The Morgan fingerprint density at radius 3 is 2.74 bits per heavy atom. The SMILES string of the molecule is CCC(N)CCc1c[nH]c2ccc(S(C)(=O)=O)cc12. The van der Waals surface area contributed by atoms with Gasteiger partial charge in [0.1, 0.15) is 0 Å². The van der Waals surface area contributed by atoms with Crippen molar-refractivity contribution in [1.82, 2.24) is 4.98 Å². The van der Waals surface area contributed by atoms with E-state index in [1.807, 2.05) is 12.3 Å². The molecule has 2 aromatic rings. The normalized spacial score (nSPS) is 13.8. The molecule has 1 atom stereocenters. The van der Waals surface area contributed by atoms with E-state index in [-0.39, 0.29) is 6.04 Å². The Bertz CT molecular complexity index is 674. The molecule has 1 heterocycles. The summed E-state index contributed by atoms with van der Waals surface area (Å²) in [6.07, 6.45) is 5.90. The molecule has 0 fully saturated rings. The van der Waals surface area contributed by atoms with Gasteiger partial charge in [-0.1, -0.05) is 6.92 Å². The van der Waals surface area contributed by atoms with Crippen LogP contribution in [0.2, 0.25) is 0 Å².